The molecular weight excluding hydrogens is 346 g/mol. The van der Waals surface area contributed by atoms with E-state index in [1.165, 1.54) is 11.5 Å². The molecule has 0 radical (unpaired) electrons. The van der Waals surface area contributed by atoms with E-state index in [1.54, 1.807) is 18.7 Å². The highest BCUT2D eigenvalue weighted by Gasteiger charge is 2.19. The standard InChI is InChI=1S/C20H13N3O2S/c24-20(12-1-2-14-10-22-26-18(14)7-12)23-16-4-3-13-9-21-19(17(13)8-16)15-5-6-25-11-15/h1-8,10-11H,9H2,(H,23,24). The fourth-order valence-electron chi connectivity index (χ4n) is 3.11. The first-order valence-corrected chi connectivity index (χ1v) is 8.91. The van der Waals surface area contributed by atoms with E-state index in [9.17, 15) is 4.79 Å². The molecule has 1 aliphatic rings. The van der Waals surface area contributed by atoms with Crippen LogP contribution in [0, 0.1) is 0 Å². The Labute approximate surface area is 153 Å². The van der Waals surface area contributed by atoms with E-state index in [0.29, 0.717) is 12.1 Å². The second-order valence-electron chi connectivity index (χ2n) is 6.08. The summed E-state index contributed by atoms with van der Waals surface area (Å²) >= 11 is 1.39. The van der Waals surface area contributed by atoms with Crippen LogP contribution in [0.3, 0.4) is 0 Å². The van der Waals surface area contributed by atoms with E-state index >= 15 is 0 Å². The van der Waals surface area contributed by atoms with E-state index in [-0.39, 0.29) is 5.91 Å². The summed E-state index contributed by atoms with van der Waals surface area (Å²) in [6.45, 7) is 0.645. The number of rotatable bonds is 3. The zero-order valence-corrected chi connectivity index (χ0v) is 14.4. The molecule has 6 heteroatoms. The summed E-state index contributed by atoms with van der Waals surface area (Å²) < 4.78 is 10.3. The molecule has 2 aromatic carbocycles. The molecule has 4 aromatic rings. The number of aliphatic imine (C=N–C) groups is 1. The SMILES string of the molecule is O=C(Nc1ccc2c(c1)C(c1ccoc1)=NC2)c1ccc2cnsc2c1. The highest BCUT2D eigenvalue weighted by atomic mass is 32.1. The van der Waals surface area contributed by atoms with E-state index in [2.05, 4.69) is 14.7 Å². The molecule has 0 atom stereocenters. The van der Waals surface area contributed by atoms with Gasteiger partial charge in [0.15, 0.2) is 0 Å². The normalized spacial score (nSPS) is 12.8. The molecule has 126 valence electrons. The van der Waals surface area contributed by atoms with Crippen LogP contribution < -0.4 is 5.32 Å². The minimum atomic E-state index is -0.139. The van der Waals surface area contributed by atoms with Gasteiger partial charge in [-0.2, -0.15) is 4.37 Å². The third kappa shape index (κ3) is 2.51. The Kier molecular flexibility index (Phi) is 3.43. The van der Waals surface area contributed by atoms with Gasteiger partial charge in [-0.05, 0) is 47.4 Å². The van der Waals surface area contributed by atoms with Crippen molar-refractivity contribution in [2.75, 3.05) is 5.32 Å². The summed E-state index contributed by atoms with van der Waals surface area (Å²) in [5, 5.41) is 4.02. The van der Waals surface area contributed by atoms with Gasteiger partial charge < -0.3 is 9.73 Å². The molecule has 0 saturated heterocycles. The Morgan fingerprint density at radius 1 is 1.15 bits per heavy atom. The number of hydrogen-bond acceptors (Lipinski definition) is 5. The highest BCUT2D eigenvalue weighted by molar-refractivity contribution is 7.13. The lowest BCUT2D eigenvalue weighted by Crippen LogP contribution is -2.12. The zero-order chi connectivity index (χ0) is 17.5. The van der Waals surface area contributed by atoms with Crippen LogP contribution in [0.1, 0.15) is 27.0 Å². The molecule has 0 saturated carbocycles. The predicted molar refractivity (Wildman–Crippen MR) is 102 cm³/mol. The first kappa shape index (κ1) is 15.0. The summed E-state index contributed by atoms with van der Waals surface area (Å²) in [6, 6.07) is 13.4. The van der Waals surface area contributed by atoms with Gasteiger partial charge in [-0.3, -0.25) is 9.79 Å². The van der Waals surface area contributed by atoms with Crippen molar-refractivity contribution in [2.45, 2.75) is 6.54 Å². The summed E-state index contributed by atoms with van der Waals surface area (Å²) in [6.07, 6.45) is 5.12. The largest absolute Gasteiger partial charge is 0.472 e. The summed E-state index contributed by atoms with van der Waals surface area (Å²) in [7, 11) is 0. The zero-order valence-electron chi connectivity index (χ0n) is 13.6. The minimum Gasteiger partial charge on any atom is -0.472 e. The maximum atomic E-state index is 12.6. The fraction of sp³-hybridized carbons (Fsp3) is 0.0500. The fourth-order valence-corrected chi connectivity index (χ4v) is 3.80. The second-order valence-corrected chi connectivity index (χ2v) is 6.91. The molecule has 26 heavy (non-hydrogen) atoms. The molecule has 1 amide bonds. The number of fused-ring (bicyclic) bond motifs is 2. The molecule has 3 heterocycles. The number of carbonyl (C=O) groups excluding carboxylic acids is 1. The number of nitrogens with zero attached hydrogens (tertiary/aromatic N) is 2. The summed E-state index contributed by atoms with van der Waals surface area (Å²) in [4.78, 5) is 17.2. The molecule has 0 unspecified atom stereocenters. The average molecular weight is 359 g/mol. The maximum absolute atomic E-state index is 12.6. The molecular formula is C20H13N3O2S. The average Bonchev–Trinajstić information content (AvgIpc) is 3.40. The minimum absolute atomic E-state index is 0.139. The Morgan fingerprint density at radius 3 is 3.00 bits per heavy atom. The second kappa shape index (κ2) is 5.93. The van der Waals surface area contributed by atoms with Crippen LogP contribution in [-0.4, -0.2) is 16.0 Å². The van der Waals surface area contributed by atoms with Crippen molar-refractivity contribution in [1.82, 2.24) is 4.37 Å². The Hall–Kier alpha value is -3.25. The molecule has 0 bridgehead atoms. The number of nitrogens with one attached hydrogen (secondary N) is 1. The van der Waals surface area contributed by atoms with Gasteiger partial charge in [0, 0.05) is 34.0 Å². The molecule has 1 N–H and O–H groups in total. The Balaban J connectivity index is 1.43. The quantitative estimate of drug-likeness (QED) is 0.586. The topological polar surface area (TPSA) is 67.5 Å². The smallest absolute Gasteiger partial charge is 0.255 e. The van der Waals surface area contributed by atoms with Crippen LogP contribution in [0.5, 0.6) is 0 Å². The van der Waals surface area contributed by atoms with Gasteiger partial charge in [-0.1, -0.05) is 12.1 Å². The number of aromatic nitrogens is 1. The van der Waals surface area contributed by atoms with Crippen LogP contribution in [0.15, 0.2) is 70.6 Å². The van der Waals surface area contributed by atoms with Gasteiger partial charge in [0.05, 0.1) is 29.5 Å². The number of furan rings is 1. The summed E-state index contributed by atoms with van der Waals surface area (Å²) in [5.41, 5.74) is 5.38. The van der Waals surface area contributed by atoms with Crippen LogP contribution in [0.2, 0.25) is 0 Å². The van der Waals surface area contributed by atoms with Crippen molar-refractivity contribution >= 4 is 38.9 Å². The highest BCUT2D eigenvalue weighted by Crippen LogP contribution is 2.27. The third-order valence-corrected chi connectivity index (χ3v) is 5.20. The van der Waals surface area contributed by atoms with Crippen LogP contribution in [0.4, 0.5) is 5.69 Å². The van der Waals surface area contributed by atoms with Gasteiger partial charge in [-0.15, -0.1) is 0 Å². The predicted octanol–water partition coefficient (Wildman–Crippen LogP) is 4.49. The van der Waals surface area contributed by atoms with E-state index in [1.807, 2.05) is 42.5 Å². The number of amides is 1. The molecule has 1 aliphatic heterocycles. The third-order valence-electron chi connectivity index (χ3n) is 4.44. The number of hydrogen-bond donors (Lipinski definition) is 1. The lowest BCUT2D eigenvalue weighted by molar-refractivity contribution is 0.102. The Morgan fingerprint density at radius 2 is 2.12 bits per heavy atom. The first-order chi connectivity index (χ1) is 12.8. The Bertz CT molecular complexity index is 1160. The monoisotopic (exact) mass is 359 g/mol. The molecule has 0 aliphatic carbocycles. The molecule has 0 spiro atoms. The maximum Gasteiger partial charge on any atom is 0.255 e. The van der Waals surface area contributed by atoms with Crippen molar-refractivity contribution < 1.29 is 9.21 Å². The van der Waals surface area contributed by atoms with E-state index < -0.39 is 0 Å². The lowest BCUT2D eigenvalue weighted by atomic mass is 10.0. The van der Waals surface area contributed by atoms with Crippen LogP contribution in [-0.2, 0) is 6.54 Å². The number of benzene rings is 2. The van der Waals surface area contributed by atoms with Crippen molar-refractivity contribution in [3.8, 4) is 0 Å². The molecule has 2 aromatic heterocycles. The van der Waals surface area contributed by atoms with E-state index in [4.69, 9.17) is 4.42 Å². The van der Waals surface area contributed by atoms with Crippen molar-refractivity contribution in [1.29, 1.82) is 0 Å². The molecule has 0 fully saturated rings. The number of carbonyl (C=O) groups is 1. The van der Waals surface area contributed by atoms with Crippen molar-refractivity contribution in [3.63, 3.8) is 0 Å². The van der Waals surface area contributed by atoms with Gasteiger partial charge in [-0.25, -0.2) is 0 Å². The van der Waals surface area contributed by atoms with Gasteiger partial charge in [0.2, 0.25) is 0 Å². The lowest BCUT2D eigenvalue weighted by Gasteiger charge is -2.08. The van der Waals surface area contributed by atoms with Gasteiger partial charge in [0.25, 0.3) is 5.91 Å². The van der Waals surface area contributed by atoms with E-state index in [0.717, 1.165) is 38.2 Å². The number of anilines is 1. The van der Waals surface area contributed by atoms with Gasteiger partial charge >= 0.3 is 0 Å². The molecule has 5 rings (SSSR count). The van der Waals surface area contributed by atoms with Crippen molar-refractivity contribution in [3.05, 3.63) is 83.4 Å². The van der Waals surface area contributed by atoms with Gasteiger partial charge in [0.1, 0.15) is 0 Å². The van der Waals surface area contributed by atoms with Crippen LogP contribution >= 0.6 is 11.5 Å². The van der Waals surface area contributed by atoms with Crippen molar-refractivity contribution in [2.24, 2.45) is 4.99 Å². The van der Waals surface area contributed by atoms with Crippen LogP contribution in [0.25, 0.3) is 10.1 Å². The summed E-state index contributed by atoms with van der Waals surface area (Å²) in [5.74, 6) is -0.139. The molecule has 5 nitrogen and oxygen atoms in total. The first-order valence-electron chi connectivity index (χ1n) is 8.14.